The second kappa shape index (κ2) is 6.44. The predicted octanol–water partition coefficient (Wildman–Crippen LogP) is 2.73. The van der Waals surface area contributed by atoms with Gasteiger partial charge in [-0.15, -0.1) is 11.3 Å². The molecule has 1 saturated heterocycles. The van der Waals surface area contributed by atoms with E-state index in [0.717, 1.165) is 32.0 Å². The van der Waals surface area contributed by atoms with Gasteiger partial charge in [-0.2, -0.15) is 0 Å². The highest BCUT2D eigenvalue weighted by Crippen LogP contribution is 2.32. The fraction of sp³-hybridized carbons (Fsp3) is 0.750. The van der Waals surface area contributed by atoms with Crippen LogP contribution in [-0.2, 0) is 0 Å². The molecule has 1 amide bonds. The van der Waals surface area contributed by atoms with Crippen molar-refractivity contribution >= 4 is 17.2 Å². The van der Waals surface area contributed by atoms with Crippen LogP contribution in [0.25, 0.3) is 0 Å². The molecule has 1 aliphatic heterocycles. The predicted molar refractivity (Wildman–Crippen MR) is 85.6 cm³/mol. The van der Waals surface area contributed by atoms with Crippen LogP contribution in [0.15, 0.2) is 10.9 Å². The van der Waals surface area contributed by atoms with E-state index in [4.69, 9.17) is 0 Å². The summed E-state index contributed by atoms with van der Waals surface area (Å²) in [6.45, 7) is 8.62. The average molecular weight is 307 g/mol. The molecular weight excluding hydrogens is 282 g/mol. The van der Waals surface area contributed by atoms with Gasteiger partial charge in [0.2, 0.25) is 0 Å². The first kappa shape index (κ1) is 15.0. The lowest BCUT2D eigenvalue weighted by molar-refractivity contribution is 0.0699. The number of amides is 1. The van der Waals surface area contributed by atoms with E-state index in [1.54, 1.807) is 5.51 Å². The zero-order valence-corrected chi connectivity index (χ0v) is 13.8. The first-order valence-corrected chi connectivity index (χ1v) is 9.01. The summed E-state index contributed by atoms with van der Waals surface area (Å²) in [5, 5.41) is 1.86. The molecule has 2 fully saturated rings. The van der Waals surface area contributed by atoms with Crippen LogP contribution >= 0.6 is 11.3 Å². The molecule has 3 rings (SSSR count). The van der Waals surface area contributed by atoms with E-state index in [2.05, 4.69) is 23.7 Å². The van der Waals surface area contributed by atoms with E-state index >= 15 is 0 Å². The molecular formula is C16H25N3OS. The van der Waals surface area contributed by atoms with E-state index in [-0.39, 0.29) is 5.91 Å². The Morgan fingerprint density at radius 1 is 1.43 bits per heavy atom. The molecule has 0 unspecified atom stereocenters. The Balaban J connectivity index is 1.70. The lowest BCUT2D eigenvalue weighted by Gasteiger charge is -2.34. The fourth-order valence-electron chi connectivity index (χ4n) is 3.22. The molecule has 5 heteroatoms. The number of hydrogen-bond donors (Lipinski definition) is 0. The summed E-state index contributed by atoms with van der Waals surface area (Å²) in [7, 11) is 0. The van der Waals surface area contributed by atoms with Crippen molar-refractivity contribution in [3.05, 3.63) is 16.6 Å². The number of rotatable bonds is 4. The van der Waals surface area contributed by atoms with E-state index in [1.807, 2.05) is 10.3 Å². The molecule has 0 aromatic carbocycles. The molecule has 1 aromatic heterocycles. The number of hydrogen-bond acceptors (Lipinski definition) is 4. The third kappa shape index (κ3) is 3.64. The highest BCUT2D eigenvalue weighted by atomic mass is 32.1. The molecule has 0 radical (unpaired) electrons. The van der Waals surface area contributed by atoms with Crippen LogP contribution < -0.4 is 0 Å². The molecule has 2 heterocycles. The molecule has 1 atom stereocenters. The molecule has 0 spiro atoms. The topological polar surface area (TPSA) is 36.4 Å². The molecule has 1 aromatic rings. The van der Waals surface area contributed by atoms with Gasteiger partial charge in [-0.3, -0.25) is 9.69 Å². The van der Waals surface area contributed by atoms with Crippen molar-refractivity contribution in [1.82, 2.24) is 14.8 Å². The van der Waals surface area contributed by atoms with Gasteiger partial charge in [0.15, 0.2) is 0 Å². The third-order valence-electron chi connectivity index (χ3n) is 4.65. The van der Waals surface area contributed by atoms with Crippen LogP contribution in [0, 0.1) is 11.8 Å². The minimum absolute atomic E-state index is 0.107. The van der Waals surface area contributed by atoms with E-state index in [9.17, 15) is 4.79 Å². The highest BCUT2D eigenvalue weighted by molar-refractivity contribution is 7.07. The maximum Gasteiger partial charge on any atom is 0.273 e. The summed E-state index contributed by atoms with van der Waals surface area (Å²) in [6.07, 6.45) is 3.86. The summed E-state index contributed by atoms with van der Waals surface area (Å²) in [5.41, 5.74) is 2.35. The van der Waals surface area contributed by atoms with Crippen molar-refractivity contribution in [2.75, 3.05) is 26.2 Å². The van der Waals surface area contributed by atoms with E-state index < -0.39 is 0 Å². The van der Waals surface area contributed by atoms with Crippen molar-refractivity contribution in [2.45, 2.75) is 39.2 Å². The molecule has 0 N–H and O–H groups in total. The number of carbonyl (C=O) groups is 1. The Kier molecular flexibility index (Phi) is 4.60. The number of carbonyl (C=O) groups excluding carboxylic acids is 1. The molecule has 4 nitrogen and oxygen atoms in total. The molecule has 2 aliphatic rings. The number of thiazole rings is 1. The molecule has 1 saturated carbocycles. The zero-order valence-electron chi connectivity index (χ0n) is 13.0. The molecule has 1 aliphatic carbocycles. The minimum Gasteiger partial charge on any atom is -0.336 e. The Bertz CT molecular complexity index is 470. The van der Waals surface area contributed by atoms with Crippen LogP contribution in [0.5, 0.6) is 0 Å². The van der Waals surface area contributed by atoms with Gasteiger partial charge >= 0.3 is 0 Å². The van der Waals surface area contributed by atoms with E-state index in [1.165, 1.54) is 30.7 Å². The Labute approximate surface area is 131 Å². The van der Waals surface area contributed by atoms with Crippen molar-refractivity contribution < 1.29 is 4.79 Å². The SMILES string of the molecule is CC(C)[C@@H]1CN(C(=O)c2cscn2)CCCN1CC1CC1. The Hall–Kier alpha value is -0.940. The van der Waals surface area contributed by atoms with Crippen LogP contribution in [0.4, 0.5) is 0 Å². The average Bonchev–Trinajstić information content (AvgIpc) is 3.16. The summed E-state index contributed by atoms with van der Waals surface area (Å²) in [5.74, 6) is 1.59. The third-order valence-corrected chi connectivity index (χ3v) is 5.23. The Morgan fingerprint density at radius 3 is 2.86 bits per heavy atom. The lowest BCUT2D eigenvalue weighted by atomic mass is 10.0. The standard InChI is InChI=1S/C16H25N3OS/c1-12(2)15-9-19(16(20)14-10-21-11-17-14)7-3-6-18(15)8-13-4-5-13/h10-13,15H,3-9H2,1-2H3/t15-/m0/s1. The summed E-state index contributed by atoms with van der Waals surface area (Å²) >= 11 is 1.49. The van der Waals surface area contributed by atoms with Crippen molar-refractivity contribution in [3.63, 3.8) is 0 Å². The second-order valence-electron chi connectivity index (χ2n) is 6.73. The quantitative estimate of drug-likeness (QED) is 0.858. The van der Waals surface area contributed by atoms with Crippen molar-refractivity contribution in [1.29, 1.82) is 0 Å². The maximum atomic E-state index is 12.6. The van der Waals surface area contributed by atoms with Crippen LogP contribution in [0.3, 0.4) is 0 Å². The first-order chi connectivity index (χ1) is 10.1. The zero-order chi connectivity index (χ0) is 14.8. The van der Waals surface area contributed by atoms with Crippen LogP contribution in [-0.4, -0.2) is 52.9 Å². The van der Waals surface area contributed by atoms with Crippen LogP contribution in [0.1, 0.15) is 43.6 Å². The van der Waals surface area contributed by atoms with Gasteiger partial charge in [-0.1, -0.05) is 13.8 Å². The molecule has 116 valence electrons. The van der Waals surface area contributed by atoms with Gasteiger partial charge in [-0.05, 0) is 31.1 Å². The van der Waals surface area contributed by atoms with Gasteiger partial charge in [0.25, 0.3) is 5.91 Å². The monoisotopic (exact) mass is 307 g/mol. The molecule has 0 bridgehead atoms. The lowest BCUT2D eigenvalue weighted by Crippen LogP contribution is -2.46. The summed E-state index contributed by atoms with van der Waals surface area (Å²) in [6, 6.07) is 0.482. The summed E-state index contributed by atoms with van der Waals surface area (Å²) < 4.78 is 0. The number of nitrogens with zero attached hydrogens (tertiary/aromatic N) is 3. The van der Waals surface area contributed by atoms with Gasteiger partial charge < -0.3 is 4.90 Å². The van der Waals surface area contributed by atoms with Crippen molar-refractivity contribution in [3.8, 4) is 0 Å². The highest BCUT2D eigenvalue weighted by Gasteiger charge is 2.33. The van der Waals surface area contributed by atoms with Gasteiger partial charge in [0.1, 0.15) is 5.69 Å². The van der Waals surface area contributed by atoms with E-state index in [0.29, 0.717) is 17.7 Å². The normalized spacial score (nSPS) is 24.3. The maximum absolute atomic E-state index is 12.6. The first-order valence-electron chi connectivity index (χ1n) is 8.06. The number of aromatic nitrogens is 1. The Morgan fingerprint density at radius 2 is 2.24 bits per heavy atom. The minimum atomic E-state index is 0.107. The second-order valence-corrected chi connectivity index (χ2v) is 7.45. The van der Waals surface area contributed by atoms with Crippen molar-refractivity contribution in [2.24, 2.45) is 11.8 Å². The largest absolute Gasteiger partial charge is 0.336 e. The fourth-order valence-corrected chi connectivity index (χ4v) is 3.74. The van der Waals surface area contributed by atoms with Gasteiger partial charge in [-0.25, -0.2) is 4.98 Å². The molecule has 21 heavy (non-hydrogen) atoms. The smallest absolute Gasteiger partial charge is 0.273 e. The summed E-state index contributed by atoms with van der Waals surface area (Å²) in [4.78, 5) is 21.4. The van der Waals surface area contributed by atoms with Crippen LogP contribution in [0.2, 0.25) is 0 Å². The van der Waals surface area contributed by atoms with Gasteiger partial charge in [0.05, 0.1) is 5.51 Å². The van der Waals surface area contributed by atoms with Gasteiger partial charge in [0, 0.05) is 37.6 Å².